The molecule has 0 aliphatic carbocycles. The highest BCUT2D eigenvalue weighted by Crippen LogP contribution is 2.41. The van der Waals surface area contributed by atoms with Crippen molar-refractivity contribution in [2.24, 2.45) is 0 Å². The second kappa shape index (κ2) is 10.3. The number of rotatable bonds is 4. The molecule has 4 aromatic carbocycles. The van der Waals surface area contributed by atoms with E-state index in [0.717, 1.165) is 14.3 Å². The van der Waals surface area contributed by atoms with Crippen LogP contribution in [0.15, 0.2) is 80.1 Å². The molecular formula is C29H11Br3Cl2N2O5. The molecule has 2 aliphatic heterocycles. The van der Waals surface area contributed by atoms with E-state index in [2.05, 4.69) is 47.8 Å². The molecule has 0 unspecified atom stereocenters. The van der Waals surface area contributed by atoms with Crippen LogP contribution < -0.4 is 9.80 Å². The number of carbonyl (C=O) groups is 5. The number of anilines is 2. The maximum absolute atomic E-state index is 13.5. The normalized spacial score (nSPS) is 14.2. The van der Waals surface area contributed by atoms with Gasteiger partial charge in [-0.25, -0.2) is 9.80 Å². The fourth-order valence-corrected chi connectivity index (χ4v) is 7.87. The van der Waals surface area contributed by atoms with Crippen molar-refractivity contribution in [2.75, 3.05) is 9.80 Å². The van der Waals surface area contributed by atoms with Crippen LogP contribution in [0.5, 0.6) is 0 Å². The molecule has 0 bridgehead atoms. The molecule has 6 rings (SSSR count). The highest BCUT2D eigenvalue weighted by Gasteiger charge is 2.40. The maximum Gasteiger partial charge on any atom is 0.266 e. The van der Waals surface area contributed by atoms with Gasteiger partial charge in [-0.3, -0.25) is 24.0 Å². The first-order valence-electron chi connectivity index (χ1n) is 11.7. The molecule has 4 amide bonds. The number of nitrogens with zero attached hydrogens (tertiary/aromatic N) is 2. The quantitative estimate of drug-likeness (QED) is 0.154. The third-order valence-corrected chi connectivity index (χ3v) is 8.86. The number of imide groups is 2. The van der Waals surface area contributed by atoms with Crippen molar-refractivity contribution in [2.45, 2.75) is 0 Å². The molecule has 0 spiro atoms. The zero-order valence-corrected chi connectivity index (χ0v) is 26.4. The summed E-state index contributed by atoms with van der Waals surface area (Å²) in [5.41, 5.74) is 1.14. The minimum absolute atomic E-state index is 0.0374. The van der Waals surface area contributed by atoms with Crippen molar-refractivity contribution in [3.63, 3.8) is 0 Å². The van der Waals surface area contributed by atoms with Crippen LogP contribution in [0.3, 0.4) is 0 Å². The predicted octanol–water partition coefficient (Wildman–Crippen LogP) is 8.11. The van der Waals surface area contributed by atoms with E-state index in [0.29, 0.717) is 19.7 Å². The first-order valence-corrected chi connectivity index (χ1v) is 14.8. The number of benzene rings is 4. The van der Waals surface area contributed by atoms with E-state index in [1.807, 2.05) is 0 Å². The van der Waals surface area contributed by atoms with Crippen LogP contribution in [-0.4, -0.2) is 29.4 Å². The molecule has 2 aliphatic rings. The Kier molecular flexibility index (Phi) is 7.02. The van der Waals surface area contributed by atoms with E-state index >= 15 is 0 Å². The number of hydrogen-bond donors (Lipinski definition) is 0. The molecule has 0 saturated heterocycles. The van der Waals surface area contributed by atoms with Crippen LogP contribution >= 0.6 is 71.0 Å². The van der Waals surface area contributed by atoms with Crippen molar-refractivity contribution in [3.05, 3.63) is 124 Å². The second-order valence-corrected chi connectivity index (χ2v) is 12.5. The highest BCUT2D eigenvalue weighted by atomic mass is 79.9. The fraction of sp³-hybridized carbons (Fsp3) is 0. The van der Waals surface area contributed by atoms with Gasteiger partial charge < -0.3 is 0 Å². The van der Waals surface area contributed by atoms with Crippen molar-refractivity contribution < 1.29 is 24.0 Å². The number of halogens is 5. The molecule has 0 saturated carbocycles. The first kappa shape index (κ1) is 28.0. The van der Waals surface area contributed by atoms with Gasteiger partial charge in [0.05, 0.1) is 38.7 Å². The van der Waals surface area contributed by atoms with E-state index < -0.39 is 29.4 Å². The molecule has 0 aromatic heterocycles. The molecule has 0 radical (unpaired) electrons. The average Bonchev–Trinajstić information content (AvgIpc) is 3.32. The lowest BCUT2D eigenvalue weighted by molar-refractivity contribution is 0.0910. The number of ketones is 1. The van der Waals surface area contributed by atoms with Crippen molar-refractivity contribution >= 4 is 112 Å². The standard InChI is InChI=1S/C29H11Br3Cl2N2O5/c30-14-9-20(31)24(21(32)10-14)36-27(39)17-5-2-13(8-19(17)29(36)41)25(37)12-1-4-16-18(7-12)28(40)35(26(16)38)23-6-3-15(33)11-22(23)34/h1-11H. The Morgan fingerprint density at radius 1 is 0.585 bits per heavy atom. The van der Waals surface area contributed by atoms with Gasteiger partial charge in [-0.05, 0) is 86.5 Å². The zero-order valence-electron chi connectivity index (χ0n) is 20.2. The summed E-state index contributed by atoms with van der Waals surface area (Å²) in [4.78, 5) is 68.4. The van der Waals surface area contributed by atoms with Gasteiger partial charge in [0.1, 0.15) is 0 Å². The average molecular weight is 778 g/mol. The van der Waals surface area contributed by atoms with Gasteiger partial charge in [-0.2, -0.15) is 0 Å². The van der Waals surface area contributed by atoms with Crippen molar-refractivity contribution in [1.29, 1.82) is 0 Å². The van der Waals surface area contributed by atoms with Gasteiger partial charge in [-0.1, -0.05) is 51.3 Å². The summed E-state index contributed by atoms with van der Waals surface area (Å²) in [7, 11) is 0. The van der Waals surface area contributed by atoms with Crippen molar-refractivity contribution in [1.82, 2.24) is 0 Å². The summed E-state index contributed by atoms with van der Waals surface area (Å²) in [6.07, 6.45) is 0. The van der Waals surface area contributed by atoms with E-state index in [4.69, 9.17) is 23.2 Å². The van der Waals surface area contributed by atoms with Crippen LogP contribution in [0, 0.1) is 0 Å². The summed E-state index contributed by atoms with van der Waals surface area (Å²) >= 11 is 22.4. The van der Waals surface area contributed by atoms with Crippen LogP contribution in [-0.2, 0) is 0 Å². The third-order valence-electron chi connectivity index (χ3n) is 6.65. The summed E-state index contributed by atoms with van der Waals surface area (Å²) in [6, 6.07) is 16.2. The largest absolute Gasteiger partial charge is 0.289 e. The first-order chi connectivity index (χ1) is 19.5. The van der Waals surface area contributed by atoms with E-state index in [1.165, 1.54) is 54.6 Å². The van der Waals surface area contributed by atoms with Crippen molar-refractivity contribution in [3.8, 4) is 0 Å². The number of amides is 4. The van der Waals surface area contributed by atoms with Gasteiger partial charge in [0.15, 0.2) is 5.78 Å². The van der Waals surface area contributed by atoms with Gasteiger partial charge in [0, 0.05) is 29.6 Å². The van der Waals surface area contributed by atoms with Gasteiger partial charge in [0.25, 0.3) is 23.6 Å². The smallest absolute Gasteiger partial charge is 0.266 e. The Morgan fingerprint density at radius 2 is 1.07 bits per heavy atom. The molecule has 7 nitrogen and oxygen atoms in total. The SMILES string of the molecule is O=C(c1ccc2c(c1)C(=O)N(c1ccc(Cl)cc1Cl)C2=O)c1ccc2c(c1)C(=O)N(c1c(Br)cc(Br)cc1Br)C2=O. The Bertz CT molecular complexity index is 1900. The predicted molar refractivity (Wildman–Crippen MR) is 165 cm³/mol. The molecule has 202 valence electrons. The maximum atomic E-state index is 13.5. The fourth-order valence-electron chi connectivity index (χ4n) is 4.76. The lowest BCUT2D eigenvalue weighted by atomic mass is 9.96. The third kappa shape index (κ3) is 4.49. The summed E-state index contributed by atoms with van der Waals surface area (Å²) in [5, 5.41) is 0.468. The number of fused-ring (bicyclic) bond motifs is 2. The van der Waals surface area contributed by atoms with Crippen LogP contribution in [0.4, 0.5) is 11.4 Å². The summed E-state index contributed by atoms with van der Waals surface area (Å²) < 4.78 is 1.75. The van der Waals surface area contributed by atoms with Gasteiger partial charge >= 0.3 is 0 Å². The Morgan fingerprint density at radius 3 is 1.61 bits per heavy atom. The number of hydrogen-bond acceptors (Lipinski definition) is 5. The molecule has 12 heteroatoms. The van der Waals surface area contributed by atoms with E-state index in [1.54, 1.807) is 12.1 Å². The van der Waals surface area contributed by atoms with Crippen LogP contribution in [0.1, 0.15) is 57.4 Å². The Hall–Kier alpha value is -3.15. The van der Waals surface area contributed by atoms with E-state index in [9.17, 15) is 24.0 Å². The molecule has 2 heterocycles. The van der Waals surface area contributed by atoms with Gasteiger partial charge in [0.2, 0.25) is 0 Å². The van der Waals surface area contributed by atoms with Crippen LogP contribution in [0.2, 0.25) is 10.0 Å². The highest BCUT2D eigenvalue weighted by molar-refractivity contribution is 9.11. The Labute approximate surface area is 267 Å². The lowest BCUT2D eigenvalue weighted by Gasteiger charge is -2.18. The summed E-state index contributed by atoms with van der Waals surface area (Å²) in [5.74, 6) is -2.84. The number of carbonyl (C=O) groups excluding carboxylic acids is 5. The zero-order chi connectivity index (χ0) is 29.3. The topological polar surface area (TPSA) is 91.8 Å². The van der Waals surface area contributed by atoms with Crippen LogP contribution in [0.25, 0.3) is 0 Å². The van der Waals surface area contributed by atoms with E-state index in [-0.39, 0.29) is 44.1 Å². The summed E-state index contributed by atoms with van der Waals surface area (Å²) in [6.45, 7) is 0. The van der Waals surface area contributed by atoms with Gasteiger partial charge in [-0.15, -0.1) is 0 Å². The minimum atomic E-state index is -0.639. The molecule has 0 fully saturated rings. The molecule has 41 heavy (non-hydrogen) atoms. The molecule has 4 aromatic rings. The monoisotopic (exact) mass is 774 g/mol. The molecule has 0 atom stereocenters. The lowest BCUT2D eigenvalue weighted by Crippen LogP contribution is -2.30. The molecule has 0 N–H and O–H groups in total. The molecular weight excluding hydrogens is 767 g/mol. The Balaban J connectivity index is 1.33. The minimum Gasteiger partial charge on any atom is -0.289 e. The second-order valence-electron chi connectivity index (χ2n) is 9.06.